The summed E-state index contributed by atoms with van der Waals surface area (Å²) in [6, 6.07) is 3.69. The number of sulfonamides is 1. The van der Waals surface area contributed by atoms with Crippen molar-refractivity contribution in [1.29, 1.82) is 0 Å². The lowest BCUT2D eigenvalue weighted by Gasteiger charge is -2.26. The number of aromatic nitrogens is 3. The van der Waals surface area contributed by atoms with Crippen LogP contribution in [0.15, 0.2) is 17.0 Å². The minimum absolute atomic E-state index is 0.0646. The van der Waals surface area contributed by atoms with Crippen LogP contribution >= 0.6 is 0 Å². The van der Waals surface area contributed by atoms with Crippen LogP contribution in [0.3, 0.4) is 0 Å². The summed E-state index contributed by atoms with van der Waals surface area (Å²) in [6.45, 7) is 8.04. The van der Waals surface area contributed by atoms with Crippen molar-refractivity contribution in [2.75, 3.05) is 38.3 Å². The van der Waals surface area contributed by atoms with Crippen molar-refractivity contribution in [3.8, 4) is 6.01 Å². The van der Waals surface area contributed by atoms with Gasteiger partial charge in [0.05, 0.1) is 31.8 Å². The van der Waals surface area contributed by atoms with E-state index in [9.17, 15) is 8.42 Å². The molecule has 0 saturated carbocycles. The van der Waals surface area contributed by atoms with E-state index in [1.807, 2.05) is 24.8 Å². The maximum Gasteiger partial charge on any atom is 0.321 e. The molecule has 0 unspecified atom stereocenters. The number of aryl methyl sites for hydroxylation is 3. The van der Waals surface area contributed by atoms with E-state index in [2.05, 4.69) is 19.7 Å². The molecule has 3 rings (SSSR count). The molecule has 0 aliphatic carbocycles. The Labute approximate surface area is 165 Å². The highest BCUT2D eigenvalue weighted by Crippen LogP contribution is 2.20. The van der Waals surface area contributed by atoms with Crippen LogP contribution in [0.5, 0.6) is 6.01 Å². The lowest BCUT2D eigenvalue weighted by atomic mass is 10.1. The fourth-order valence-corrected chi connectivity index (χ4v) is 4.21. The van der Waals surface area contributed by atoms with E-state index >= 15 is 0 Å². The largest absolute Gasteiger partial charge is 0.467 e. The molecule has 1 saturated heterocycles. The lowest BCUT2D eigenvalue weighted by Crippen LogP contribution is -2.37. The standard InChI is InChI=1S/C18H25N5O4S/c1-12-9-14(3)15(10-13(12)2)28(24,25)19-11-16-20-17(22-18(21-16)26-4)23-5-7-27-8-6-23/h9-10,19H,5-8,11H2,1-4H3. The number of nitrogens with zero attached hydrogens (tertiary/aromatic N) is 4. The molecule has 0 radical (unpaired) electrons. The van der Waals surface area contributed by atoms with Gasteiger partial charge >= 0.3 is 6.01 Å². The summed E-state index contributed by atoms with van der Waals surface area (Å²) in [7, 11) is -2.25. The third-order valence-electron chi connectivity index (χ3n) is 4.63. The highest BCUT2D eigenvalue weighted by molar-refractivity contribution is 7.89. The smallest absolute Gasteiger partial charge is 0.321 e. The number of benzene rings is 1. The van der Waals surface area contributed by atoms with Crippen molar-refractivity contribution >= 4 is 16.0 Å². The number of hydrogen-bond acceptors (Lipinski definition) is 8. The van der Waals surface area contributed by atoms with Gasteiger partial charge in [0.25, 0.3) is 0 Å². The van der Waals surface area contributed by atoms with Gasteiger partial charge in [0.2, 0.25) is 16.0 Å². The number of methoxy groups -OCH3 is 1. The van der Waals surface area contributed by atoms with Crippen molar-refractivity contribution in [3.63, 3.8) is 0 Å². The molecule has 1 aromatic heterocycles. The lowest BCUT2D eigenvalue weighted by molar-refractivity contribution is 0.122. The average molecular weight is 407 g/mol. The Hall–Kier alpha value is -2.30. The Morgan fingerprint density at radius 1 is 1.07 bits per heavy atom. The summed E-state index contributed by atoms with van der Waals surface area (Å²) in [5.41, 5.74) is 2.66. The molecule has 1 N–H and O–H groups in total. The summed E-state index contributed by atoms with van der Waals surface area (Å²) in [5, 5.41) is 0. The summed E-state index contributed by atoms with van der Waals surface area (Å²) < 4.78 is 38.7. The molecule has 0 spiro atoms. The van der Waals surface area contributed by atoms with E-state index in [0.29, 0.717) is 43.6 Å². The van der Waals surface area contributed by atoms with Crippen LogP contribution in [0.1, 0.15) is 22.5 Å². The average Bonchev–Trinajstić information content (AvgIpc) is 2.69. The first-order chi connectivity index (χ1) is 13.3. The van der Waals surface area contributed by atoms with E-state index in [1.165, 1.54) is 7.11 Å². The second kappa shape index (κ2) is 8.38. The number of nitrogens with one attached hydrogen (secondary N) is 1. The zero-order valence-electron chi connectivity index (χ0n) is 16.5. The molecule has 1 aliphatic heterocycles. The normalized spacial score (nSPS) is 14.9. The van der Waals surface area contributed by atoms with Crippen molar-refractivity contribution < 1.29 is 17.9 Å². The highest BCUT2D eigenvalue weighted by Gasteiger charge is 2.20. The van der Waals surface area contributed by atoms with E-state index in [-0.39, 0.29) is 17.5 Å². The summed E-state index contributed by atoms with van der Waals surface area (Å²) in [4.78, 5) is 15.0. The monoisotopic (exact) mass is 407 g/mol. The van der Waals surface area contributed by atoms with Gasteiger partial charge in [-0.05, 0) is 43.5 Å². The number of ether oxygens (including phenoxy) is 2. The van der Waals surface area contributed by atoms with Gasteiger partial charge in [-0.15, -0.1) is 0 Å². The molecule has 152 valence electrons. The van der Waals surface area contributed by atoms with Crippen molar-refractivity contribution in [1.82, 2.24) is 19.7 Å². The van der Waals surface area contributed by atoms with Gasteiger partial charge in [-0.25, -0.2) is 13.1 Å². The topological polar surface area (TPSA) is 107 Å². The number of anilines is 1. The van der Waals surface area contributed by atoms with Crippen molar-refractivity contribution in [2.45, 2.75) is 32.2 Å². The molecule has 0 amide bonds. The predicted octanol–water partition coefficient (Wildman–Crippen LogP) is 1.12. The van der Waals surface area contributed by atoms with E-state index in [4.69, 9.17) is 9.47 Å². The van der Waals surface area contributed by atoms with Gasteiger partial charge in [0.15, 0.2) is 5.82 Å². The van der Waals surface area contributed by atoms with Crippen LogP contribution in [0, 0.1) is 20.8 Å². The van der Waals surface area contributed by atoms with Gasteiger partial charge in [-0.1, -0.05) is 6.07 Å². The number of rotatable bonds is 6. The third-order valence-corrected chi connectivity index (χ3v) is 6.17. The van der Waals surface area contributed by atoms with Crippen LogP contribution in [-0.2, 0) is 21.3 Å². The second-order valence-corrected chi connectivity index (χ2v) is 8.40. The van der Waals surface area contributed by atoms with Gasteiger partial charge in [-0.2, -0.15) is 15.0 Å². The number of morpholine rings is 1. The van der Waals surface area contributed by atoms with Gasteiger partial charge in [0.1, 0.15) is 0 Å². The Morgan fingerprint density at radius 2 is 1.75 bits per heavy atom. The van der Waals surface area contributed by atoms with Gasteiger partial charge in [-0.3, -0.25) is 0 Å². The highest BCUT2D eigenvalue weighted by atomic mass is 32.2. The van der Waals surface area contributed by atoms with Crippen LogP contribution in [0.4, 0.5) is 5.95 Å². The molecule has 0 atom stereocenters. The quantitative estimate of drug-likeness (QED) is 0.759. The molecule has 1 fully saturated rings. The molecule has 2 heterocycles. The third kappa shape index (κ3) is 4.57. The van der Waals surface area contributed by atoms with Crippen LogP contribution in [-0.4, -0.2) is 56.8 Å². The van der Waals surface area contributed by atoms with E-state index < -0.39 is 10.0 Å². The first-order valence-corrected chi connectivity index (χ1v) is 10.5. The number of hydrogen-bond donors (Lipinski definition) is 1. The molecular formula is C18H25N5O4S. The van der Waals surface area contributed by atoms with E-state index in [0.717, 1.165) is 11.1 Å². The van der Waals surface area contributed by atoms with Crippen LogP contribution < -0.4 is 14.4 Å². The fourth-order valence-electron chi connectivity index (χ4n) is 2.92. The van der Waals surface area contributed by atoms with Crippen molar-refractivity contribution in [3.05, 3.63) is 34.6 Å². The van der Waals surface area contributed by atoms with Crippen molar-refractivity contribution in [2.24, 2.45) is 0 Å². The molecule has 1 aliphatic rings. The minimum atomic E-state index is -3.71. The summed E-state index contributed by atoms with van der Waals surface area (Å²) in [6.07, 6.45) is 0. The van der Waals surface area contributed by atoms with Gasteiger partial charge in [0, 0.05) is 13.1 Å². The van der Waals surface area contributed by atoms with Crippen LogP contribution in [0.25, 0.3) is 0 Å². The fraction of sp³-hybridized carbons (Fsp3) is 0.500. The predicted molar refractivity (Wildman–Crippen MR) is 104 cm³/mol. The molecule has 0 bridgehead atoms. The summed E-state index contributed by atoms with van der Waals surface area (Å²) >= 11 is 0. The first kappa shape index (κ1) is 20.4. The molecule has 1 aromatic carbocycles. The van der Waals surface area contributed by atoms with Crippen LogP contribution in [0.2, 0.25) is 0 Å². The SMILES string of the molecule is COc1nc(CNS(=O)(=O)c2cc(C)c(C)cc2C)nc(N2CCOCC2)n1. The first-order valence-electron chi connectivity index (χ1n) is 8.99. The maximum atomic E-state index is 12.8. The molecule has 9 nitrogen and oxygen atoms in total. The second-order valence-electron chi connectivity index (χ2n) is 6.66. The molecule has 28 heavy (non-hydrogen) atoms. The maximum absolute atomic E-state index is 12.8. The zero-order valence-corrected chi connectivity index (χ0v) is 17.3. The molecule has 10 heteroatoms. The molecular weight excluding hydrogens is 382 g/mol. The van der Waals surface area contributed by atoms with E-state index in [1.54, 1.807) is 13.0 Å². The Kier molecular flexibility index (Phi) is 6.11. The summed E-state index contributed by atoms with van der Waals surface area (Å²) in [5.74, 6) is 0.741. The Morgan fingerprint density at radius 3 is 2.43 bits per heavy atom. The Balaban J connectivity index is 1.82. The minimum Gasteiger partial charge on any atom is -0.467 e. The molecule has 2 aromatic rings. The Bertz CT molecular complexity index is 959. The zero-order chi connectivity index (χ0) is 20.3. The van der Waals surface area contributed by atoms with Gasteiger partial charge < -0.3 is 14.4 Å².